The van der Waals surface area contributed by atoms with E-state index in [0.29, 0.717) is 13.1 Å². The Morgan fingerprint density at radius 3 is 2.83 bits per heavy atom. The number of thiophene rings is 1. The smallest absolute Gasteiger partial charge is 0.330 e. The van der Waals surface area contributed by atoms with Crippen LogP contribution in [0, 0.1) is 0 Å². The normalized spacial score (nSPS) is 16.6. The number of hydrogen-bond acceptors (Lipinski definition) is 6. The number of likely N-dealkylation sites (N-methyl/N-ethyl adjacent to an activating group) is 1. The second-order valence-electron chi connectivity index (χ2n) is 7.33. The molecular weight excluding hydrogens is 390 g/mol. The molecule has 9 heteroatoms. The number of nitrogens with zero attached hydrogens (tertiary/aromatic N) is 3. The monoisotopic (exact) mass is 419 g/mol. The second kappa shape index (κ2) is 8.96. The maximum absolute atomic E-state index is 13.1. The number of nitrogens with one attached hydrogen (secondary N) is 1. The molecule has 2 aromatic rings. The van der Waals surface area contributed by atoms with E-state index in [1.54, 1.807) is 18.3 Å². The molecule has 3 N–H and O–H groups in total. The van der Waals surface area contributed by atoms with E-state index in [0.717, 1.165) is 25.8 Å². The number of amides is 1. The van der Waals surface area contributed by atoms with Crippen LogP contribution in [0.1, 0.15) is 50.1 Å². The average Bonchev–Trinajstić information content (AvgIpc) is 3.16. The van der Waals surface area contributed by atoms with E-state index >= 15 is 0 Å². The van der Waals surface area contributed by atoms with Gasteiger partial charge in [-0.05, 0) is 43.7 Å². The number of nitrogens with two attached hydrogens (primary N) is 1. The molecule has 2 aromatic heterocycles. The lowest BCUT2D eigenvalue weighted by Crippen LogP contribution is -2.46. The van der Waals surface area contributed by atoms with Crippen molar-refractivity contribution in [1.29, 1.82) is 0 Å². The van der Waals surface area contributed by atoms with Crippen molar-refractivity contribution in [1.82, 2.24) is 14.5 Å². The highest BCUT2D eigenvalue weighted by atomic mass is 32.1. The number of aromatic amines is 1. The standard InChI is InChI=1S/C20H29N5O3S/c1-4-6-9-25-18(21)17(19(27)22-20(25)28)24(5-2)16(26)12-23-10-7-15-14(13(23)3)8-11-29-15/h8,11,13H,4-7,9-10,12,21H2,1-3H3,(H,22,27,28)/t13-/m0/s1. The topological polar surface area (TPSA) is 104 Å². The van der Waals surface area contributed by atoms with E-state index in [1.165, 1.54) is 19.9 Å². The molecule has 8 nitrogen and oxygen atoms in total. The molecular formula is C20H29N5O3S. The summed E-state index contributed by atoms with van der Waals surface area (Å²) in [6.45, 7) is 7.59. The Balaban J connectivity index is 1.87. The second-order valence-corrected chi connectivity index (χ2v) is 8.33. The first-order valence-electron chi connectivity index (χ1n) is 10.1. The van der Waals surface area contributed by atoms with Gasteiger partial charge in [0.15, 0.2) is 5.69 Å². The number of unbranched alkanes of at least 4 members (excludes halogenated alkanes) is 1. The Labute approximate surface area is 173 Å². The van der Waals surface area contributed by atoms with Crippen LogP contribution in [-0.4, -0.2) is 40.0 Å². The van der Waals surface area contributed by atoms with E-state index in [9.17, 15) is 14.4 Å². The Kier molecular flexibility index (Phi) is 6.59. The predicted octanol–water partition coefficient (Wildman–Crippen LogP) is 1.95. The Morgan fingerprint density at radius 2 is 2.14 bits per heavy atom. The van der Waals surface area contributed by atoms with Crippen molar-refractivity contribution in [2.75, 3.05) is 30.3 Å². The van der Waals surface area contributed by atoms with Crippen LogP contribution in [-0.2, 0) is 17.8 Å². The summed E-state index contributed by atoms with van der Waals surface area (Å²) in [7, 11) is 0. The molecule has 0 bridgehead atoms. The summed E-state index contributed by atoms with van der Waals surface area (Å²) in [4.78, 5) is 45.0. The third kappa shape index (κ3) is 4.16. The molecule has 0 fully saturated rings. The molecule has 0 unspecified atom stereocenters. The molecule has 158 valence electrons. The molecule has 1 atom stereocenters. The van der Waals surface area contributed by atoms with Crippen molar-refractivity contribution in [3.63, 3.8) is 0 Å². The maximum atomic E-state index is 13.1. The first kappa shape index (κ1) is 21.3. The summed E-state index contributed by atoms with van der Waals surface area (Å²) in [5.41, 5.74) is 6.35. The zero-order chi connectivity index (χ0) is 21.1. The van der Waals surface area contributed by atoms with E-state index in [-0.39, 0.29) is 30.0 Å². The number of hydrogen-bond donors (Lipinski definition) is 2. The summed E-state index contributed by atoms with van der Waals surface area (Å²) < 4.78 is 1.34. The Morgan fingerprint density at radius 1 is 1.38 bits per heavy atom. The number of rotatable bonds is 7. The van der Waals surface area contributed by atoms with Gasteiger partial charge in [0.05, 0.1) is 6.54 Å². The Bertz CT molecular complexity index is 993. The molecule has 0 aliphatic carbocycles. The highest BCUT2D eigenvalue weighted by molar-refractivity contribution is 7.10. The van der Waals surface area contributed by atoms with Gasteiger partial charge < -0.3 is 10.6 Å². The molecule has 1 aliphatic rings. The molecule has 3 heterocycles. The van der Waals surface area contributed by atoms with E-state index in [4.69, 9.17) is 5.73 Å². The molecule has 0 saturated heterocycles. The summed E-state index contributed by atoms with van der Waals surface area (Å²) in [6.07, 6.45) is 2.56. The zero-order valence-electron chi connectivity index (χ0n) is 17.2. The summed E-state index contributed by atoms with van der Waals surface area (Å²) >= 11 is 1.75. The van der Waals surface area contributed by atoms with E-state index < -0.39 is 11.2 Å². The number of carbonyl (C=O) groups is 1. The lowest BCUT2D eigenvalue weighted by Gasteiger charge is -2.34. The number of carbonyl (C=O) groups excluding carboxylic acids is 1. The first-order valence-corrected chi connectivity index (χ1v) is 11.0. The van der Waals surface area contributed by atoms with Crippen LogP contribution in [0.25, 0.3) is 0 Å². The number of nitrogen functional groups attached to an aromatic ring is 1. The third-order valence-corrected chi connectivity index (χ3v) is 6.58. The fourth-order valence-corrected chi connectivity index (χ4v) is 4.83. The van der Waals surface area contributed by atoms with Crippen LogP contribution in [0.5, 0.6) is 0 Å². The number of anilines is 2. The van der Waals surface area contributed by atoms with Gasteiger partial charge in [0.2, 0.25) is 5.91 Å². The van der Waals surface area contributed by atoms with Gasteiger partial charge in [-0.15, -0.1) is 11.3 Å². The van der Waals surface area contributed by atoms with Crippen LogP contribution in [0.15, 0.2) is 21.0 Å². The van der Waals surface area contributed by atoms with Gasteiger partial charge in [-0.25, -0.2) is 4.79 Å². The lowest BCUT2D eigenvalue weighted by atomic mass is 10.0. The van der Waals surface area contributed by atoms with Crippen LogP contribution >= 0.6 is 11.3 Å². The minimum Gasteiger partial charge on any atom is -0.383 e. The van der Waals surface area contributed by atoms with Crippen molar-refractivity contribution >= 4 is 28.7 Å². The van der Waals surface area contributed by atoms with Crippen LogP contribution in [0.3, 0.4) is 0 Å². The van der Waals surface area contributed by atoms with Gasteiger partial charge in [-0.2, -0.15) is 0 Å². The van der Waals surface area contributed by atoms with Crippen molar-refractivity contribution in [2.24, 2.45) is 0 Å². The molecule has 1 aliphatic heterocycles. The van der Waals surface area contributed by atoms with Gasteiger partial charge in [-0.3, -0.25) is 24.0 Å². The minimum atomic E-state index is -0.623. The largest absolute Gasteiger partial charge is 0.383 e. The van der Waals surface area contributed by atoms with Crippen molar-refractivity contribution in [3.05, 3.63) is 42.7 Å². The molecule has 3 rings (SSSR count). The quantitative estimate of drug-likeness (QED) is 0.714. The molecule has 1 amide bonds. The van der Waals surface area contributed by atoms with E-state index in [2.05, 4.69) is 28.3 Å². The highest BCUT2D eigenvalue weighted by Gasteiger charge is 2.29. The highest BCUT2D eigenvalue weighted by Crippen LogP contribution is 2.32. The fourth-order valence-electron chi connectivity index (χ4n) is 3.87. The lowest BCUT2D eigenvalue weighted by molar-refractivity contribution is -0.120. The number of aromatic nitrogens is 2. The minimum absolute atomic E-state index is 0.0502. The van der Waals surface area contributed by atoms with Crippen LogP contribution in [0.4, 0.5) is 11.5 Å². The predicted molar refractivity (Wildman–Crippen MR) is 117 cm³/mol. The van der Waals surface area contributed by atoms with Gasteiger partial charge >= 0.3 is 5.69 Å². The average molecular weight is 420 g/mol. The molecule has 0 radical (unpaired) electrons. The fraction of sp³-hybridized carbons (Fsp3) is 0.550. The van der Waals surface area contributed by atoms with Crippen LogP contribution < -0.4 is 21.9 Å². The van der Waals surface area contributed by atoms with Crippen LogP contribution in [0.2, 0.25) is 0 Å². The summed E-state index contributed by atoms with van der Waals surface area (Å²) in [5, 5.41) is 2.09. The molecule has 0 aromatic carbocycles. The Hall–Kier alpha value is -2.39. The first-order chi connectivity index (χ1) is 13.9. The summed E-state index contributed by atoms with van der Waals surface area (Å²) in [5.74, 6) is -0.148. The van der Waals surface area contributed by atoms with Gasteiger partial charge in [-0.1, -0.05) is 13.3 Å². The SMILES string of the molecule is CCCCn1c(N)c(N(CC)C(=O)CN2CCc3sccc3[C@@H]2C)c(=O)[nH]c1=O. The van der Waals surface area contributed by atoms with Crippen molar-refractivity contribution < 1.29 is 4.79 Å². The van der Waals surface area contributed by atoms with E-state index in [1.807, 2.05) is 6.92 Å². The van der Waals surface area contributed by atoms with Gasteiger partial charge in [0, 0.05) is 30.6 Å². The third-order valence-electron chi connectivity index (χ3n) is 5.58. The zero-order valence-corrected chi connectivity index (χ0v) is 18.1. The maximum Gasteiger partial charge on any atom is 0.330 e. The van der Waals surface area contributed by atoms with Crippen molar-refractivity contribution in [3.8, 4) is 0 Å². The molecule has 29 heavy (non-hydrogen) atoms. The molecule has 0 spiro atoms. The van der Waals surface area contributed by atoms with Gasteiger partial charge in [0.25, 0.3) is 5.56 Å². The summed E-state index contributed by atoms with van der Waals surface area (Å²) in [6, 6.07) is 2.26. The number of H-pyrrole nitrogens is 1. The number of fused-ring (bicyclic) bond motifs is 1. The molecule has 0 saturated carbocycles. The van der Waals surface area contributed by atoms with Crippen molar-refractivity contribution in [2.45, 2.75) is 52.6 Å². The van der Waals surface area contributed by atoms with Gasteiger partial charge in [0.1, 0.15) is 5.82 Å².